The number of aromatic nitrogens is 4. The van der Waals surface area contributed by atoms with Crippen LogP contribution < -0.4 is 0 Å². The third-order valence-corrected chi connectivity index (χ3v) is 13.5. The van der Waals surface area contributed by atoms with Crippen molar-refractivity contribution in [3.8, 4) is 62.1 Å². The number of nitrogens with zero attached hydrogens (tertiary/aromatic N) is 4. The van der Waals surface area contributed by atoms with Gasteiger partial charge in [0.15, 0.2) is 17.5 Å². The molecule has 0 spiro atoms. The molecule has 0 bridgehead atoms. The number of furan rings is 1. The Labute approximate surface area is 365 Å². The summed E-state index contributed by atoms with van der Waals surface area (Å²) < 4.78 is 11.4. The molecular formula is C57H34N4OS. The number of fused-ring (bicyclic) bond motifs is 11. The minimum atomic E-state index is 0.607. The number of thiophene rings is 1. The maximum atomic E-state index is 6.38. The van der Waals surface area contributed by atoms with Gasteiger partial charge in [0.2, 0.25) is 0 Å². The molecule has 4 aromatic heterocycles. The second-order valence-electron chi connectivity index (χ2n) is 15.9. The van der Waals surface area contributed by atoms with Gasteiger partial charge in [0, 0.05) is 69.5 Å². The van der Waals surface area contributed by atoms with Gasteiger partial charge in [-0.15, -0.1) is 11.3 Å². The lowest BCUT2D eigenvalue weighted by atomic mass is 9.92. The zero-order valence-electron chi connectivity index (χ0n) is 33.7. The van der Waals surface area contributed by atoms with Gasteiger partial charge in [0.05, 0.1) is 16.7 Å². The van der Waals surface area contributed by atoms with Crippen LogP contribution in [-0.2, 0) is 0 Å². The van der Waals surface area contributed by atoms with Crippen molar-refractivity contribution in [3.63, 3.8) is 0 Å². The molecule has 0 radical (unpaired) electrons. The molecule has 0 aliphatic carbocycles. The van der Waals surface area contributed by atoms with Gasteiger partial charge in [-0.1, -0.05) is 164 Å². The van der Waals surface area contributed by atoms with Crippen LogP contribution in [0.3, 0.4) is 0 Å². The van der Waals surface area contributed by atoms with Gasteiger partial charge in [-0.25, -0.2) is 15.0 Å². The second kappa shape index (κ2) is 14.2. The average Bonchev–Trinajstić information content (AvgIpc) is 4.04. The molecule has 6 heteroatoms. The zero-order chi connectivity index (χ0) is 41.4. The lowest BCUT2D eigenvalue weighted by Gasteiger charge is -2.21. The van der Waals surface area contributed by atoms with Crippen molar-refractivity contribution < 1.29 is 4.42 Å². The Morgan fingerprint density at radius 2 is 0.825 bits per heavy atom. The van der Waals surface area contributed by atoms with Crippen molar-refractivity contribution in [1.29, 1.82) is 0 Å². The summed E-state index contributed by atoms with van der Waals surface area (Å²) in [6.07, 6.45) is 0. The first kappa shape index (κ1) is 35.6. The second-order valence-corrected chi connectivity index (χ2v) is 16.9. The van der Waals surface area contributed by atoms with Crippen molar-refractivity contribution in [1.82, 2.24) is 19.5 Å². The molecule has 13 aromatic rings. The molecule has 0 amide bonds. The van der Waals surface area contributed by atoms with E-state index in [0.29, 0.717) is 17.5 Å². The third-order valence-electron chi connectivity index (χ3n) is 12.2. The van der Waals surface area contributed by atoms with E-state index in [9.17, 15) is 0 Å². The van der Waals surface area contributed by atoms with Gasteiger partial charge in [0.25, 0.3) is 0 Å². The molecule has 0 unspecified atom stereocenters. The number of hydrogen-bond acceptors (Lipinski definition) is 5. The van der Waals surface area contributed by atoms with Crippen molar-refractivity contribution in [3.05, 3.63) is 206 Å². The summed E-state index contributed by atoms with van der Waals surface area (Å²) in [5, 5.41) is 7.27. The quantitative estimate of drug-likeness (QED) is 0.168. The predicted octanol–water partition coefficient (Wildman–Crippen LogP) is 15.6. The summed E-state index contributed by atoms with van der Waals surface area (Å²) in [5.41, 5.74) is 12.3. The SMILES string of the molecule is c1ccc(-c2nc(-c3ccccc3)nc(-c3cc(-c4ccccc4)c(-n4c5ccccc5c5c6sc7c(ccc8oc9ccccc9c87)c6ccc54)c(-c4ccccc4)c3)n2)cc1. The maximum absolute atomic E-state index is 6.38. The molecule has 9 aromatic carbocycles. The van der Waals surface area contributed by atoms with E-state index < -0.39 is 0 Å². The van der Waals surface area contributed by atoms with Crippen molar-refractivity contribution in [2.75, 3.05) is 0 Å². The van der Waals surface area contributed by atoms with Gasteiger partial charge >= 0.3 is 0 Å². The number of rotatable bonds is 6. The molecule has 13 rings (SSSR count). The molecule has 0 aliphatic rings. The largest absolute Gasteiger partial charge is 0.456 e. The molecule has 0 aliphatic heterocycles. The van der Waals surface area contributed by atoms with Crippen LogP contribution in [0.25, 0.3) is 126 Å². The monoisotopic (exact) mass is 822 g/mol. The minimum absolute atomic E-state index is 0.607. The van der Waals surface area contributed by atoms with Crippen molar-refractivity contribution in [2.45, 2.75) is 0 Å². The molecule has 5 nitrogen and oxygen atoms in total. The van der Waals surface area contributed by atoms with E-state index in [2.05, 4.69) is 168 Å². The Kier molecular flexibility index (Phi) is 8.01. The predicted molar refractivity (Wildman–Crippen MR) is 262 cm³/mol. The topological polar surface area (TPSA) is 56.7 Å². The smallest absolute Gasteiger partial charge is 0.164 e. The fourth-order valence-electron chi connectivity index (χ4n) is 9.41. The summed E-state index contributed by atoms with van der Waals surface area (Å²) in [4.78, 5) is 15.5. The van der Waals surface area contributed by atoms with E-state index in [-0.39, 0.29) is 0 Å². The Morgan fingerprint density at radius 1 is 0.349 bits per heavy atom. The van der Waals surface area contributed by atoms with Crippen molar-refractivity contribution in [2.24, 2.45) is 0 Å². The Morgan fingerprint density at radius 3 is 1.43 bits per heavy atom. The maximum Gasteiger partial charge on any atom is 0.164 e. The minimum Gasteiger partial charge on any atom is -0.456 e. The average molecular weight is 823 g/mol. The molecule has 294 valence electrons. The first-order chi connectivity index (χ1) is 31.2. The normalized spacial score (nSPS) is 11.8. The fraction of sp³-hybridized carbons (Fsp3) is 0. The van der Waals surface area contributed by atoms with E-state index >= 15 is 0 Å². The van der Waals surface area contributed by atoms with Gasteiger partial charge in [-0.2, -0.15) is 0 Å². The standard InChI is InChI=1S/C57H34N4OS/c1-5-17-35(18-6-1)44-33-39(57-59-55(37-21-9-3-10-22-37)58-56(60-57)38-23-11-4-12-24-38)34-45(36-19-7-2-8-20-36)52(44)61-46-27-15-13-25-42(46)50-47(61)31-29-40-41-30-32-49-51(54(41)63-53(40)50)43-26-14-16-28-48(43)62-49/h1-34H. The Hall–Kier alpha value is -8.19. The van der Waals surface area contributed by atoms with Crippen molar-refractivity contribution >= 4 is 75.3 Å². The number of hydrogen-bond donors (Lipinski definition) is 0. The molecule has 0 N–H and O–H groups in total. The van der Waals surface area contributed by atoms with Crippen LogP contribution in [0.15, 0.2) is 211 Å². The third kappa shape index (κ3) is 5.66. The summed E-state index contributed by atoms with van der Waals surface area (Å²) in [6.45, 7) is 0. The van der Waals surface area contributed by atoms with Crippen LogP contribution in [-0.4, -0.2) is 19.5 Å². The number of benzene rings is 9. The van der Waals surface area contributed by atoms with E-state index in [0.717, 1.165) is 72.2 Å². The molecule has 0 atom stereocenters. The van der Waals surface area contributed by atoms with Crippen LogP contribution in [0, 0.1) is 0 Å². The van der Waals surface area contributed by atoms with Crippen LogP contribution in [0.2, 0.25) is 0 Å². The zero-order valence-corrected chi connectivity index (χ0v) is 34.6. The summed E-state index contributed by atoms with van der Waals surface area (Å²) in [5.74, 6) is 1.86. The molecule has 4 heterocycles. The fourth-order valence-corrected chi connectivity index (χ4v) is 10.8. The van der Waals surface area contributed by atoms with Gasteiger partial charge < -0.3 is 8.98 Å². The van der Waals surface area contributed by atoms with Gasteiger partial charge in [-0.05, 0) is 53.6 Å². The van der Waals surface area contributed by atoms with Gasteiger partial charge in [-0.3, -0.25) is 0 Å². The lowest BCUT2D eigenvalue weighted by molar-refractivity contribution is 0.669. The van der Waals surface area contributed by atoms with Crippen LogP contribution in [0.1, 0.15) is 0 Å². The highest BCUT2D eigenvalue weighted by Gasteiger charge is 2.25. The van der Waals surface area contributed by atoms with Crippen LogP contribution in [0.4, 0.5) is 0 Å². The first-order valence-corrected chi connectivity index (χ1v) is 21.9. The highest BCUT2D eigenvalue weighted by atomic mass is 32.1. The summed E-state index contributed by atoms with van der Waals surface area (Å²) in [7, 11) is 0. The van der Waals surface area contributed by atoms with Crippen LogP contribution >= 0.6 is 11.3 Å². The summed E-state index contributed by atoms with van der Waals surface area (Å²) in [6, 6.07) is 72.5. The number of para-hydroxylation sites is 2. The van der Waals surface area contributed by atoms with E-state index in [1.807, 2.05) is 53.8 Å². The van der Waals surface area contributed by atoms with E-state index in [4.69, 9.17) is 19.4 Å². The first-order valence-electron chi connectivity index (χ1n) is 21.1. The lowest BCUT2D eigenvalue weighted by Crippen LogP contribution is -2.04. The molecule has 63 heavy (non-hydrogen) atoms. The molecule has 0 saturated heterocycles. The highest BCUT2D eigenvalue weighted by Crippen LogP contribution is 2.49. The molecule has 0 saturated carbocycles. The molecular weight excluding hydrogens is 789 g/mol. The van der Waals surface area contributed by atoms with Crippen LogP contribution in [0.5, 0.6) is 0 Å². The van der Waals surface area contributed by atoms with E-state index in [1.54, 1.807) is 0 Å². The Balaban J connectivity index is 1.14. The van der Waals surface area contributed by atoms with E-state index in [1.165, 1.54) is 36.3 Å². The molecule has 0 fully saturated rings. The summed E-state index contributed by atoms with van der Waals surface area (Å²) >= 11 is 1.87. The highest BCUT2D eigenvalue weighted by molar-refractivity contribution is 7.27. The van der Waals surface area contributed by atoms with Gasteiger partial charge in [0.1, 0.15) is 11.2 Å². The Bertz CT molecular complexity index is 3770.